The van der Waals surface area contributed by atoms with E-state index >= 15 is 0 Å². The number of aromatic nitrogens is 1. The predicted octanol–water partition coefficient (Wildman–Crippen LogP) is 3.41. The molecular formula is C13H14ClN5S2. The van der Waals surface area contributed by atoms with Crippen molar-refractivity contribution in [1.82, 2.24) is 10.4 Å². The van der Waals surface area contributed by atoms with Crippen LogP contribution in [0.5, 0.6) is 0 Å². The summed E-state index contributed by atoms with van der Waals surface area (Å²) in [4.78, 5) is 5.45. The number of hydrazone groups is 1. The summed E-state index contributed by atoms with van der Waals surface area (Å²) >= 11 is 12.1. The summed E-state index contributed by atoms with van der Waals surface area (Å²) in [5.41, 5.74) is 10.5. The number of anilines is 2. The number of thiocarbonyl (C=S) groups is 1. The quantitative estimate of drug-likeness (QED) is 0.452. The molecule has 1 aromatic carbocycles. The molecule has 0 radical (unpaired) electrons. The van der Waals surface area contributed by atoms with E-state index in [1.54, 1.807) is 0 Å². The smallest absolute Gasteiger partial charge is 0.188 e. The van der Waals surface area contributed by atoms with Crippen molar-refractivity contribution in [3.05, 3.63) is 39.9 Å². The highest BCUT2D eigenvalue weighted by Crippen LogP contribution is 2.26. The molecular weight excluding hydrogens is 326 g/mol. The molecule has 0 fully saturated rings. The lowest BCUT2D eigenvalue weighted by molar-refractivity contribution is 1.03. The zero-order valence-corrected chi connectivity index (χ0v) is 13.9. The van der Waals surface area contributed by atoms with Gasteiger partial charge in [0.15, 0.2) is 10.2 Å². The second-order valence-electron chi connectivity index (χ2n) is 4.24. The molecule has 0 atom stereocenters. The normalized spacial score (nSPS) is 11.3. The van der Waals surface area contributed by atoms with Gasteiger partial charge in [-0.2, -0.15) is 5.10 Å². The average Bonchev–Trinajstić information content (AvgIpc) is 2.79. The van der Waals surface area contributed by atoms with E-state index in [0.717, 1.165) is 27.1 Å². The Bertz CT molecular complexity index is 678. The van der Waals surface area contributed by atoms with Crippen LogP contribution in [0.3, 0.4) is 0 Å². The van der Waals surface area contributed by atoms with Crippen molar-refractivity contribution in [2.45, 2.75) is 13.8 Å². The number of nitrogens with zero attached hydrogens (tertiary/aromatic N) is 2. The van der Waals surface area contributed by atoms with Crippen molar-refractivity contribution in [1.29, 1.82) is 0 Å². The van der Waals surface area contributed by atoms with E-state index in [2.05, 4.69) is 20.8 Å². The average molecular weight is 340 g/mol. The zero-order valence-electron chi connectivity index (χ0n) is 11.5. The van der Waals surface area contributed by atoms with Gasteiger partial charge in [-0.3, -0.25) is 5.43 Å². The predicted molar refractivity (Wildman–Crippen MR) is 93.7 cm³/mol. The van der Waals surface area contributed by atoms with Crippen molar-refractivity contribution in [3.63, 3.8) is 0 Å². The number of aryl methyl sites for hydroxylation is 1. The van der Waals surface area contributed by atoms with E-state index in [0.29, 0.717) is 5.02 Å². The minimum atomic E-state index is 0.135. The Hall–Kier alpha value is -1.70. The Labute approximate surface area is 137 Å². The molecule has 0 spiro atoms. The van der Waals surface area contributed by atoms with Crippen LogP contribution < -0.4 is 16.5 Å². The first-order valence-corrected chi connectivity index (χ1v) is 7.66. The topological polar surface area (TPSA) is 75.3 Å². The van der Waals surface area contributed by atoms with E-state index in [9.17, 15) is 0 Å². The number of benzene rings is 1. The summed E-state index contributed by atoms with van der Waals surface area (Å²) in [5, 5.41) is 8.97. The summed E-state index contributed by atoms with van der Waals surface area (Å²) in [6.45, 7) is 3.80. The molecule has 0 aliphatic heterocycles. The van der Waals surface area contributed by atoms with Crippen LogP contribution in [-0.2, 0) is 0 Å². The molecule has 8 heteroatoms. The molecule has 21 heavy (non-hydrogen) atoms. The number of nitrogens with two attached hydrogens (primary N) is 1. The maximum atomic E-state index is 5.86. The van der Waals surface area contributed by atoms with E-state index in [1.807, 2.05) is 38.1 Å². The molecule has 110 valence electrons. The number of thiazole rings is 1. The number of hydrogen-bond donors (Lipinski definition) is 3. The Kier molecular flexibility index (Phi) is 5.11. The van der Waals surface area contributed by atoms with Gasteiger partial charge in [-0.25, -0.2) is 4.98 Å². The molecule has 0 saturated heterocycles. The van der Waals surface area contributed by atoms with Crippen LogP contribution in [0.1, 0.15) is 17.5 Å². The first kappa shape index (κ1) is 15.7. The molecule has 1 heterocycles. The van der Waals surface area contributed by atoms with Gasteiger partial charge >= 0.3 is 0 Å². The second kappa shape index (κ2) is 6.84. The number of halogens is 1. The number of nitrogens with one attached hydrogen (secondary N) is 2. The van der Waals surface area contributed by atoms with Crippen LogP contribution in [0.4, 0.5) is 10.8 Å². The Morgan fingerprint density at radius 3 is 2.67 bits per heavy atom. The molecule has 0 saturated carbocycles. The van der Waals surface area contributed by atoms with E-state index in [1.165, 1.54) is 11.3 Å². The highest BCUT2D eigenvalue weighted by Gasteiger charge is 2.10. The van der Waals surface area contributed by atoms with Crippen LogP contribution in [0, 0.1) is 6.92 Å². The Morgan fingerprint density at radius 1 is 1.38 bits per heavy atom. The van der Waals surface area contributed by atoms with Crippen LogP contribution in [0.25, 0.3) is 0 Å². The maximum Gasteiger partial charge on any atom is 0.188 e. The van der Waals surface area contributed by atoms with Crippen LogP contribution in [0.2, 0.25) is 5.02 Å². The SMILES string of the molecule is C/C(=N/NC(N)=S)c1sc(Nc2ccc(Cl)cc2)nc1C. The summed E-state index contributed by atoms with van der Waals surface area (Å²) in [7, 11) is 0. The highest BCUT2D eigenvalue weighted by atomic mass is 35.5. The van der Waals surface area contributed by atoms with Crippen LogP contribution >= 0.6 is 35.2 Å². The zero-order chi connectivity index (χ0) is 15.4. The van der Waals surface area contributed by atoms with Crippen molar-refractivity contribution >= 4 is 56.8 Å². The lowest BCUT2D eigenvalue weighted by atomic mass is 10.3. The van der Waals surface area contributed by atoms with Gasteiger partial charge < -0.3 is 11.1 Å². The number of rotatable bonds is 4. The van der Waals surface area contributed by atoms with Gasteiger partial charge in [0.1, 0.15) is 0 Å². The molecule has 2 rings (SSSR count). The van der Waals surface area contributed by atoms with Crippen molar-refractivity contribution in [3.8, 4) is 0 Å². The Morgan fingerprint density at radius 2 is 2.05 bits per heavy atom. The van der Waals surface area contributed by atoms with Crippen molar-refractivity contribution < 1.29 is 0 Å². The maximum absolute atomic E-state index is 5.86. The molecule has 0 aliphatic rings. The van der Waals surface area contributed by atoms with Gasteiger partial charge in [0.2, 0.25) is 0 Å². The largest absolute Gasteiger partial charge is 0.375 e. The molecule has 0 bridgehead atoms. The third-order valence-electron chi connectivity index (χ3n) is 2.55. The minimum Gasteiger partial charge on any atom is -0.375 e. The van der Waals surface area contributed by atoms with E-state index < -0.39 is 0 Å². The van der Waals surface area contributed by atoms with Crippen LogP contribution in [0.15, 0.2) is 29.4 Å². The minimum absolute atomic E-state index is 0.135. The molecule has 5 nitrogen and oxygen atoms in total. The van der Waals surface area contributed by atoms with Gasteiger partial charge in [0.05, 0.1) is 16.3 Å². The molecule has 1 aromatic heterocycles. The van der Waals surface area contributed by atoms with Crippen LogP contribution in [-0.4, -0.2) is 15.8 Å². The monoisotopic (exact) mass is 339 g/mol. The van der Waals surface area contributed by atoms with E-state index in [4.69, 9.17) is 29.6 Å². The fourth-order valence-corrected chi connectivity index (χ4v) is 2.74. The fourth-order valence-electron chi connectivity index (χ4n) is 1.63. The molecule has 4 N–H and O–H groups in total. The first-order chi connectivity index (χ1) is 9.95. The lowest BCUT2D eigenvalue weighted by Gasteiger charge is -2.01. The molecule has 0 amide bonds. The standard InChI is InChI=1S/C13H14ClN5S2/c1-7-11(8(2)18-19-12(15)20)21-13(16-7)17-10-5-3-9(14)4-6-10/h3-6H,1-2H3,(H,16,17)(H3,15,19,20)/b18-8-. The van der Waals surface area contributed by atoms with E-state index in [-0.39, 0.29) is 5.11 Å². The molecule has 0 aliphatic carbocycles. The third kappa shape index (κ3) is 4.38. The lowest BCUT2D eigenvalue weighted by Crippen LogP contribution is -2.25. The molecule has 2 aromatic rings. The number of hydrogen-bond acceptors (Lipinski definition) is 5. The third-order valence-corrected chi connectivity index (χ3v) is 4.08. The second-order valence-corrected chi connectivity index (χ2v) is 6.11. The Balaban J connectivity index is 2.17. The summed E-state index contributed by atoms with van der Waals surface area (Å²) in [6.07, 6.45) is 0. The van der Waals surface area contributed by atoms with Gasteiger partial charge in [-0.05, 0) is 50.3 Å². The van der Waals surface area contributed by atoms with Gasteiger partial charge in [0, 0.05) is 10.7 Å². The fraction of sp³-hybridized carbons (Fsp3) is 0.154. The van der Waals surface area contributed by atoms with Crippen molar-refractivity contribution in [2.24, 2.45) is 10.8 Å². The van der Waals surface area contributed by atoms with Gasteiger partial charge in [0.25, 0.3) is 0 Å². The van der Waals surface area contributed by atoms with Gasteiger partial charge in [-0.1, -0.05) is 22.9 Å². The first-order valence-electron chi connectivity index (χ1n) is 6.06. The summed E-state index contributed by atoms with van der Waals surface area (Å²) in [6, 6.07) is 7.44. The molecule has 0 unspecified atom stereocenters. The highest BCUT2D eigenvalue weighted by molar-refractivity contribution is 7.80. The summed E-state index contributed by atoms with van der Waals surface area (Å²) < 4.78 is 0. The van der Waals surface area contributed by atoms with Gasteiger partial charge in [-0.15, -0.1) is 0 Å². The summed E-state index contributed by atoms with van der Waals surface area (Å²) in [5.74, 6) is 0. The van der Waals surface area contributed by atoms with Crippen molar-refractivity contribution in [2.75, 3.05) is 5.32 Å².